The summed E-state index contributed by atoms with van der Waals surface area (Å²) in [5.41, 5.74) is 0. The van der Waals surface area contributed by atoms with E-state index in [1.54, 1.807) is 7.11 Å². The summed E-state index contributed by atoms with van der Waals surface area (Å²) in [4.78, 5) is 0. The minimum atomic E-state index is 0.719. The number of fused-ring (bicyclic) bond motifs is 1. The van der Waals surface area contributed by atoms with Crippen LogP contribution >= 0.6 is 0 Å². The molecule has 0 spiro atoms. The number of hydrogen-bond donors (Lipinski definition) is 0. The first kappa shape index (κ1) is 16.5. The molecule has 0 aliphatic heterocycles. The zero-order chi connectivity index (χ0) is 15.8. The van der Waals surface area contributed by atoms with Crippen LogP contribution in [0.5, 0.6) is 17.2 Å². The maximum Gasteiger partial charge on any atom is 0.161 e. The molecule has 0 heterocycles. The molecule has 120 valence electrons. The molecule has 0 atom stereocenters. The predicted octanol–water partition coefficient (Wildman–Crippen LogP) is 5.21. The maximum atomic E-state index is 5.83. The second-order valence-electron chi connectivity index (χ2n) is 5.42. The van der Waals surface area contributed by atoms with Crippen molar-refractivity contribution in [2.24, 2.45) is 0 Å². The number of methoxy groups -OCH3 is 1. The van der Waals surface area contributed by atoms with E-state index >= 15 is 0 Å². The van der Waals surface area contributed by atoms with Gasteiger partial charge in [0.1, 0.15) is 5.75 Å². The van der Waals surface area contributed by atoms with Crippen molar-refractivity contribution >= 4 is 10.8 Å². The van der Waals surface area contributed by atoms with Gasteiger partial charge in [0.25, 0.3) is 0 Å². The lowest BCUT2D eigenvalue weighted by Crippen LogP contribution is -1.99. The minimum absolute atomic E-state index is 0.719. The fraction of sp³-hybridized carbons (Fsp3) is 0.474. The van der Waals surface area contributed by atoms with Crippen LogP contribution in [-0.2, 0) is 0 Å². The van der Waals surface area contributed by atoms with Crippen LogP contribution in [0, 0.1) is 0 Å². The largest absolute Gasteiger partial charge is 0.494 e. The Morgan fingerprint density at radius 1 is 0.773 bits per heavy atom. The molecule has 2 aromatic rings. The van der Waals surface area contributed by atoms with Gasteiger partial charge in [0.05, 0.1) is 20.3 Å². The highest BCUT2D eigenvalue weighted by molar-refractivity contribution is 5.87. The number of ether oxygens (including phenoxy) is 3. The monoisotopic (exact) mass is 302 g/mol. The van der Waals surface area contributed by atoms with Crippen molar-refractivity contribution in [2.45, 2.75) is 39.5 Å². The van der Waals surface area contributed by atoms with E-state index in [4.69, 9.17) is 14.2 Å². The van der Waals surface area contributed by atoms with Crippen molar-refractivity contribution in [3.8, 4) is 17.2 Å². The second-order valence-corrected chi connectivity index (χ2v) is 5.42. The molecule has 2 rings (SSSR count). The van der Waals surface area contributed by atoms with Crippen molar-refractivity contribution in [1.29, 1.82) is 0 Å². The van der Waals surface area contributed by atoms with Crippen LogP contribution < -0.4 is 14.2 Å². The van der Waals surface area contributed by atoms with E-state index in [1.165, 1.54) is 0 Å². The van der Waals surface area contributed by atoms with Gasteiger partial charge in [0.2, 0.25) is 0 Å². The fourth-order valence-electron chi connectivity index (χ4n) is 2.26. The zero-order valence-electron chi connectivity index (χ0n) is 13.9. The Hall–Kier alpha value is -1.90. The highest BCUT2D eigenvalue weighted by atomic mass is 16.5. The minimum Gasteiger partial charge on any atom is -0.494 e. The molecular weight excluding hydrogens is 276 g/mol. The van der Waals surface area contributed by atoms with Gasteiger partial charge in [-0.3, -0.25) is 0 Å². The average Bonchev–Trinajstić information content (AvgIpc) is 2.54. The average molecular weight is 302 g/mol. The van der Waals surface area contributed by atoms with Crippen molar-refractivity contribution in [1.82, 2.24) is 0 Å². The Morgan fingerprint density at radius 2 is 1.45 bits per heavy atom. The normalized spacial score (nSPS) is 10.7. The highest BCUT2D eigenvalue weighted by Gasteiger charge is 2.08. The molecule has 0 fully saturated rings. The lowest BCUT2D eigenvalue weighted by molar-refractivity contribution is 0.289. The summed E-state index contributed by atoms with van der Waals surface area (Å²) >= 11 is 0. The van der Waals surface area contributed by atoms with E-state index in [9.17, 15) is 0 Å². The van der Waals surface area contributed by atoms with Crippen molar-refractivity contribution in [3.63, 3.8) is 0 Å². The molecule has 0 bridgehead atoms. The summed E-state index contributed by atoms with van der Waals surface area (Å²) in [6.07, 6.45) is 4.38. The molecule has 3 nitrogen and oxygen atoms in total. The molecule has 0 aliphatic carbocycles. The zero-order valence-corrected chi connectivity index (χ0v) is 13.9. The van der Waals surface area contributed by atoms with Gasteiger partial charge < -0.3 is 14.2 Å². The van der Waals surface area contributed by atoms with E-state index in [2.05, 4.69) is 26.0 Å². The van der Waals surface area contributed by atoms with Crippen molar-refractivity contribution in [3.05, 3.63) is 30.3 Å². The Kier molecular flexibility index (Phi) is 6.38. The topological polar surface area (TPSA) is 27.7 Å². The summed E-state index contributed by atoms with van der Waals surface area (Å²) in [5, 5.41) is 2.24. The molecule has 0 aliphatic rings. The van der Waals surface area contributed by atoms with Gasteiger partial charge in [-0.05, 0) is 47.9 Å². The third-order valence-electron chi connectivity index (χ3n) is 3.62. The number of hydrogen-bond acceptors (Lipinski definition) is 3. The predicted molar refractivity (Wildman–Crippen MR) is 91.3 cm³/mol. The molecule has 0 saturated carbocycles. The summed E-state index contributed by atoms with van der Waals surface area (Å²) in [6, 6.07) is 10.2. The maximum absolute atomic E-state index is 5.83. The Labute approximate surface area is 133 Å². The van der Waals surface area contributed by atoms with Gasteiger partial charge in [0, 0.05) is 0 Å². The van der Waals surface area contributed by atoms with Gasteiger partial charge in [-0.1, -0.05) is 32.8 Å². The highest BCUT2D eigenvalue weighted by Crippen LogP contribution is 2.34. The van der Waals surface area contributed by atoms with E-state index in [-0.39, 0.29) is 0 Å². The summed E-state index contributed by atoms with van der Waals surface area (Å²) in [5.74, 6) is 2.49. The molecule has 0 amide bonds. The summed E-state index contributed by atoms with van der Waals surface area (Å²) < 4.78 is 17.1. The van der Waals surface area contributed by atoms with Crippen molar-refractivity contribution < 1.29 is 14.2 Å². The van der Waals surface area contributed by atoms with E-state index < -0.39 is 0 Å². The standard InChI is InChI=1S/C19H26O3/c1-4-6-10-21-17-9-8-15-13-19(22-11-7-5-2)18(20-3)14-16(15)12-17/h8-9,12-14H,4-7,10-11H2,1-3H3. The fourth-order valence-corrected chi connectivity index (χ4v) is 2.26. The molecule has 0 unspecified atom stereocenters. The molecule has 0 saturated heterocycles. The Bertz CT molecular complexity index is 592. The lowest BCUT2D eigenvalue weighted by Gasteiger charge is -2.13. The van der Waals surface area contributed by atoms with Crippen LogP contribution in [0.3, 0.4) is 0 Å². The molecular formula is C19H26O3. The third kappa shape index (κ3) is 4.30. The molecule has 2 aromatic carbocycles. The first-order valence-electron chi connectivity index (χ1n) is 8.15. The number of unbranched alkanes of at least 4 members (excludes halogenated alkanes) is 2. The Balaban J connectivity index is 2.20. The van der Waals surface area contributed by atoms with E-state index in [1.807, 2.05) is 18.2 Å². The van der Waals surface area contributed by atoms with Crippen molar-refractivity contribution in [2.75, 3.05) is 20.3 Å². The molecule has 3 heteroatoms. The van der Waals surface area contributed by atoms with Gasteiger partial charge in [-0.2, -0.15) is 0 Å². The summed E-state index contributed by atoms with van der Waals surface area (Å²) in [7, 11) is 1.68. The number of rotatable bonds is 9. The van der Waals surface area contributed by atoms with Crippen LogP contribution in [0.4, 0.5) is 0 Å². The molecule has 22 heavy (non-hydrogen) atoms. The number of benzene rings is 2. The first-order chi connectivity index (χ1) is 10.8. The molecule has 0 N–H and O–H groups in total. The Morgan fingerprint density at radius 3 is 2.14 bits per heavy atom. The second kappa shape index (κ2) is 8.52. The van der Waals surface area contributed by atoms with Gasteiger partial charge in [-0.15, -0.1) is 0 Å². The quantitative estimate of drug-likeness (QED) is 0.595. The third-order valence-corrected chi connectivity index (χ3v) is 3.62. The van der Waals surface area contributed by atoms with Crippen LogP contribution in [0.15, 0.2) is 30.3 Å². The van der Waals surface area contributed by atoms with Crippen LogP contribution in [-0.4, -0.2) is 20.3 Å². The smallest absolute Gasteiger partial charge is 0.161 e. The van der Waals surface area contributed by atoms with Crippen LogP contribution in [0.2, 0.25) is 0 Å². The van der Waals surface area contributed by atoms with E-state index in [0.29, 0.717) is 0 Å². The first-order valence-corrected chi connectivity index (χ1v) is 8.15. The summed E-state index contributed by atoms with van der Waals surface area (Å²) in [6.45, 7) is 5.80. The van der Waals surface area contributed by atoms with Gasteiger partial charge in [0.15, 0.2) is 11.5 Å². The van der Waals surface area contributed by atoms with Crippen LogP contribution in [0.25, 0.3) is 10.8 Å². The van der Waals surface area contributed by atoms with E-state index in [0.717, 1.165) is 66.9 Å². The lowest BCUT2D eigenvalue weighted by atomic mass is 10.1. The van der Waals surface area contributed by atoms with Gasteiger partial charge in [-0.25, -0.2) is 0 Å². The molecule has 0 aromatic heterocycles. The SMILES string of the molecule is CCCCOc1ccc2cc(OCCCC)c(OC)cc2c1. The molecule has 0 radical (unpaired) electrons. The van der Waals surface area contributed by atoms with Gasteiger partial charge >= 0.3 is 0 Å². The van der Waals surface area contributed by atoms with Crippen LogP contribution in [0.1, 0.15) is 39.5 Å².